The first kappa shape index (κ1) is 22.6. The molecule has 2 rings (SSSR count). The van der Waals surface area contributed by atoms with Crippen LogP contribution in [0.15, 0.2) is 0 Å². The highest BCUT2D eigenvalue weighted by Crippen LogP contribution is 2.29. The number of likely N-dealkylation sites (tertiary alicyclic amines) is 1. The number of rotatable bonds is 9. The fourth-order valence-electron chi connectivity index (χ4n) is 4.09. The second kappa shape index (κ2) is 10.2. The maximum absolute atomic E-state index is 12.7. The molecule has 1 saturated carbocycles. The van der Waals surface area contributed by atoms with E-state index in [4.69, 9.17) is 0 Å². The quantitative estimate of drug-likeness (QED) is 0.528. The SMILES string of the molecule is CC(C)(C)C(=O)N(CCCCCCN1C[C@H](O)[C@@H](O)C[C@H]1CO)C1CCC1. The van der Waals surface area contributed by atoms with Crippen LogP contribution in [0.25, 0.3) is 0 Å². The van der Waals surface area contributed by atoms with Gasteiger partial charge >= 0.3 is 0 Å². The first-order valence-corrected chi connectivity index (χ1v) is 10.8. The van der Waals surface area contributed by atoms with E-state index in [2.05, 4.69) is 9.80 Å². The Labute approximate surface area is 164 Å². The summed E-state index contributed by atoms with van der Waals surface area (Å²) in [4.78, 5) is 16.9. The second-order valence-corrected chi connectivity index (χ2v) is 9.45. The van der Waals surface area contributed by atoms with Crippen LogP contribution in [0.3, 0.4) is 0 Å². The monoisotopic (exact) mass is 384 g/mol. The van der Waals surface area contributed by atoms with Crippen molar-refractivity contribution in [1.82, 2.24) is 9.80 Å². The highest BCUT2D eigenvalue weighted by molar-refractivity contribution is 5.81. The number of carbonyl (C=O) groups is 1. The molecule has 6 heteroatoms. The lowest BCUT2D eigenvalue weighted by atomic mass is 9.87. The van der Waals surface area contributed by atoms with Gasteiger partial charge in [-0.1, -0.05) is 33.6 Å². The van der Waals surface area contributed by atoms with Gasteiger partial charge in [0.15, 0.2) is 0 Å². The van der Waals surface area contributed by atoms with Crippen LogP contribution < -0.4 is 0 Å². The molecule has 0 aromatic heterocycles. The fraction of sp³-hybridized carbons (Fsp3) is 0.952. The molecule has 27 heavy (non-hydrogen) atoms. The van der Waals surface area contributed by atoms with Crippen molar-refractivity contribution in [1.29, 1.82) is 0 Å². The van der Waals surface area contributed by atoms with Gasteiger partial charge in [-0.05, 0) is 45.1 Å². The van der Waals surface area contributed by atoms with Crippen LogP contribution in [0, 0.1) is 5.41 Å². The molecule has 1 aliphatic carbocycles. The molecular weight excluding hydrogens is 344 g/mol. The van der Waals surface area contributed by atoms with Gasteiger partial charge in [-0.25, -0.2) is 0 Å². The lowest BCUT2D eigenvalue weighted by Gasteiger charge is -2.41. The molecule has 0 aromatic carbocycles. The third-order valence-electron chi connectivity index (χ3n) is 6.12. The average Bonchev–Trinajstić information content (AvgIpc) is 2.56. The van der Waals surface area contributed by atoms with Crippen molar-refractivity contribution in [2.75, 3.05) is 26.2 Å². The van der Waals surface area contributed by atoms with Crippen LogP contribution in [0.1, 0.15) is 72.1 Å². The van der Waals surface area contributed by atoms with Gasteiger partial charge in [0.25, 0.3) is 0 Å². The van der Waals surface area contributed by atoms with Crippen LogP contribution in [-0.4, -0.2) is 81.6 Å². The van der Waals surface area contributed by atoms with Crippen molar-refractivity contribution in [3.8, 4) is 0 Å². The number of aliphatic hydroxyl groups is 3. The van der Waals surface area contributed by atoms with Crippen LogP contribution in [-0.2, 0) is 4.79 Å². The molecule has 1 amide bonds. The highest BCUT2D eigenvalue weighted by Gasteiger charge is 2.34. The van der Waals surface area contributed by atoms with Gasteiger partial charge in [-0.15, -0.1) is 0 Å². The molecule has 0 radical (unpaired) electrons. The summed E-state index contributed by atoms with van der Waals surface area (Å²) >= 11 is 0. The number of unbranched alkanes of at least 4 members (excludes halogenated alkanes) is 3. The van der Waals surface area contributed by atoms with Gasteiger partial charge < -0.3 is 20.2 Å². The Kier molecular flexibility index (Phi) is 8.53. The molecule has 1 saturated heterocycles. The molecule has 1 aliphatic heterocycles. The number of hydrogen-bond acceptors (Lipinski definition) is 5. The average molecular weight is 385 g/mol. The Morgan fingerprint density at radius 3 is 2.30 bits per heavy atom. The molecule has 3 atom stereocenters. The lowest BCUT2D eigenvalue weighted by Crippen LogP contribution is -2.53. The first-order chi connectivity index (χ1) is 12.7. The summed E-state index contributed by atoms with van der Waals surface area (Å²) in [5.74, 6) is 0.277. The van der Waals surface area contributed by atoms with Crippen molar-refractivity contribution >= 4 is 5.91 Å². The first-order valence-electron chi connectivity index (χ1n) is 10.8. The van der Waals surface area contributed by atoms with Crippen molar-refractivity contribution in [3.05, 3.63) is 0 Å². The summed E-state index contributed by atoms with van der Waals surface area (Å²) in [5, 5.41) is 29.1. The molecule has 0 aromatic rings. The van der Waals surface area contributed by atoms with Crippen LogP contribution in [0.4, 0.5) is 0 Å². The summed E-state index contributed by atoms with van der Waals surface area (Å²) in [6.07, 6.45) is 6.73. The van der Waals surface area contributed by atoms with Crippen molar-refractivity contribution in [2.24, 2.45) is 5.41 Å². The molecule has 0 spiro atoms. The Balaban J connectivity index is 1.67. The third kappa shape index (κ3) is 6.41. The van der Waals surface area contributed by atoms with Crippen molar-refractivity contribution in [3.63, 3.8) is 0 Å². The van der Waals surface area contributed by atoms with Gasteiger partial charge in [0.05, 0.1) is 18.8 Å². The van der Waals surface area contributed by atoms with E-state index >= 15 is 0 Å². The second-order valence-electron chi connectivity index (χ2n) is 9.45. The van der Waals surface area contributed by atoms with Gasteiger partial charge in [0.1, 0.15) is 0 Å². The minimum Gasteiger partial charge on any atom is -0.395 e. The zero-order valence-electron chi connectivity index (χ0n) is 17.4. The number of aliphatic hydroxyl groups excluding tert-OH is 3. The summed E-state index contributed by atoms with van der Waals surface area (Å²) in [5.41, 5.74) is -0.311. The van der Waals surface area contributed by atoms with Gasteiger partial charge in [0.2, 0.25) is 5.91 Å². The summed E-state index contributed by atoms with van der Waals surface area (Å²) in [6, 6.07) is 0.394. The molecule has 2 fully saturated rings. The predicted octanol–water partition coefficient (Wildman–Crippen LogP) is 1.76. The number of amides is 1. The molecule has 6 nitrogen and oxygen atoms in total. The minimum absolute atomic E-state index is 0.0229. The predicted molar refractivity (Wildman–Crippen MR) is 106 cm³/mol. The zero-order chi connectivity index (χ0) is 20.0. The van der Waals surface area contributed by atoms with Gasteiger partial charge in [0, 0.05) is 30.6 Å². The van der Waals surface area contributed by atoms with Crippen LogP contribution in [0.5, 0.6) is 0 Å². The Morgan fingerprint density at radius 2 is 1.74 bits per heavy atom. The third-order valence-corrected chi connectivity index (χ3v) is 6.12. The molecule has 3 N–H and O–H groups in total. The summed E-state index contributed by atoms with van der Waals surface area (Å²) in [7, 11) is 0. The van der Waals surface area contributed by atoms with Gasteiger partial charge in [-0.3, -0.25) is 9.69 Å². The lowest BCUT2D eigenvalue weighted by molar-refractivity contribution is -0.143. The molecule has 0 unspecified atom stereocenters. The van der Waals surface area contributed by atoms with E-state index in [9.17, 15) is 20.1 Å². The number of carbonyl (C=O) groups excluding carboxylic acids is 1. The normalized spacial score (nSPS) is 27.4. The Hall–Kier alpha value is -0.690. The van der Waals surface area contributed by atoms with E-state index < -0.39 is 12.2 Å². The van der Waals surface area contributed by atoms with Crippen molar-refractivity contribution in [2.45, 2.75) is 96.4 Å². The smallest absolute Gasteiger partial charge is 0.228 e. The Bertz CT molecular complexity index is 462. The number of piperidine rings is 1. The Morgan fingerprint density at radius 1 is 1.07 bits per heavy atom. The van der Waals surface area contributed by atoms with Crippen LogP contribution in [0.2, 0.25) is 0 Å². The number of nitrogens with zero attached hydrogens (tertiary/aromatic N) is 2. The summed E-state index contributed by atoms with van der Waals surface area (Å²) < 4.78 is 0. The van der Waals surface area contributed by atoms with E-state index in [1.165, 1.54) is 6.42 Å². The number of hydrogen-bond donors (Lipinski definition) is 3. The highest BCUT2D eigenvalue weighted by atomic mass is 16.3. The van der Waals surface area contributed by atoms with E-state index in [-0.39, 0.29) is 24.0 Å². The van der Waals surface area contributed by atoms with E-state index in [0.29, 0.717) is 19.0 Å². The summed E-state index contributed by atoms with van der Waals surface area (Å²) in [6.45, 7) is 8.15. The maximum atomic E-state index is 12.7. The number of β-amino-alcohol motifs (C(OH)–C–C–N with tert-alkyl or cyclic N) is 1. The van der Waals surface area contributed by atoms with E-state index in [0.717, 1.165) is 51.6 Å². The molecule has 2 aliphatic rings. The molecule has 0 bridgehead atoms. The molecule has 158 valence electrons. The van der Waals surface area contributed by atoms with Crippen molar-refractivity contribution < 1.29 is 20.1 Å². The van der Waals surface area contributed by atoms with E-state index in [1.54, 1.807) is 0 Å². The minimum atomic E-state index is -0.726. The maximum Gasteiger partial charge on any atom is 0.228 e. The molecule has 1 heterocycles. The van der Waals surface area contributed by atoms with E-state index in [1.807, 2.05) is 20.8 Å². The standard InChI is InChI=1S/C21H40N2O4/c1-21(2,3)20(27)23(16-9-8-10-16)12-7-5-4-6-11-22-14-19(26)18(25)13-17(22)15-24/h16-19,24-26H,4-15H2,1-3H3/t17-,18-,19-/m0/s1. The van der Waals surface area contributed by atoms with Crippen LogP contribution >= 0.6 is 0 Å². The fourth-order valence-corrected chi connectivity index (χ4v) is 4.09. The zero-order valence-corrected chi connectivity index (χ0v) is 17.4. The topological polar surface area (TPSA) is 84.2 Å². The van der Waals surface area contributed by atoms with Gasteiger partial charge in [-0.2, -0.15) is 0 Å². The molecular formula is C21H40N2O4. The largest absolute Gasteiger partial charge is 0.395 e.